The van der Waals surface area contributed by atoms with Crippen LogP contribution >= 0.6 is 17.0 Å². The molecule has 1 N–H and O–H groups in total. The van der Waals surface area contributed by atoms with Crippen molar-refractivity contribution in [1.29, 1.82) is 0 Å². The van der Waals surface area contributed by atoms with Crippen LogP contribution < -0.4 is 4.74 Å². The highest BCUT2D eigenvalue weighted by Gasteiger charge is 2.09. The molecule has 1 rings (SSSR count). The molecule has 0 radical (unpaired) electrons. The Morgan fingerprint density at radius 3 is 2.64 bits per heavy atom. The highest BCUT2D eigenvalue weighted by Crippen LogP contribution is 2.23. The molecule has 1 aromatic carbocycles. The minimum Gasteiger partial charge on any atom is -0.493 e. The Hall–Kier alpha value is -0.610. The average molecular weight is 265 g/mol. The summed E-state index contributed by atoms with van der Waals surface area (Å²) in [6.45, 7) is 1.66. The summed E-state index contributed by atoms with van der Waals surface area (Å²) in [6.07, 6.45) is -0.0864. The average Bonchev–Trinajstić information content (AvgIpc) is 2.03. The summed E-state index contributed by atoms with van der Waals surface area (Å²) >= 11 is 0. The second-order valence-corrected chi connectivity index (χ2v) is 2.99. The molecule has 0 aromatic heterocycles. The molecule has 2 nitrogen and oxygen atoms in total. The van der Waals surface area contributed by atoms with Crippen LogP contribution in [0, 0.1) is 5.82 Å². The molecule has 80 valence electrons. The molecule has 0 saturated carbocycles. The third kappa shape index (κ3) is 3.27. The number of hydrogen-bond donors (Lipinski definition) is 1. The Morgan fingerprint density at radius 2 is 2.14 bits per heavy atom. The van der Waals surface area contributed by atoms with Gasteiger partial charge in [0.05, 0.1) is 13.2 Å². The van der Waals surface area contributed by atoms with Gasteiger partial charge in [-0.25, -0.2) is 4.39 Å². The van der Waals surface area contributed by atoms with Crippen LogP contribution in [0.5, 0.6) is 5.75 Å². The summed E-state index contributed by atoms with van der Waals surface area (Å²) in [7, 11) is 1.42. The molecule has 0 saturated heterocycles. The maximum atomic E-state index is 13.1. The van der Waals surface area contributed by atoms with Crippen molar-refractivity contribution in [2.45, 2.75) is 19.4 Å². The molecular formula is C10H14BrFO2. The molecule has 0 heterocycles. The Labute approximate surface area is 93.5 Å². The third-order valence-electron chi connectivity index (χ3n) is 1.77. The summed E-state index contributed by atoms with van der Waals surface area (Å²) < 4.78 is 18.0. The lowest BCUT2D eigenvalue weighted by Gasteiger charge is -2.10. The van der Waals surface area contributed by atoms with Gasteiger partial charge in [0, 0.05) is 6.42 Å². The molecular weight excluding hydrogens is 251 g/mol. The highest BCUT2D eigenvalue weighted by atomic mass is 79.9. The predicted octanol–water partition coefficient (Wildman–Crippen LogP) is 2.34. The van der Waals surface area contributed by atoms with Gasteiger partial charge in [-0.3, -0.25) is 0 Å². The van der Waals surface area contributed by atoms with Crippen molar-refractivity contribution in [2.24, 2.45) is 0 Å². The van der Waals surface area contributed by atoms with Gasteiger partial charge in [-0.1, -0.05) is 12.1 Å². The van der Waals surface area contributed by atoms with Gasteiger partial charge in [0.2, 0.25) is 0 Å². The first-order chi connectivity index (χ1) is 6.15. The van der Waals surface area contributed by atoms with E-state index in [0.717, 1.165) is 0 Å². The quantitative estimate of drug-likeness (QED) is 0.908. The van der Waals surface area contributed by atoms with Crippen LogP contribution in [0.2, 0.25) is 0 Å². The maximum absolute atomic E-state index is 13.1. The first-order valence-electron chi connectivity index (χ1n) is 4.14. The molecule has 0 amide bonds. The highest BCUT2D eigenvalue weighted by molar-refractivity contribution is 8.93. The number of aliphatic hydroxyl groups is 1. The number of benzene rings is 1. The molecule has 0 aliphatic carbocycles. The van der Waals surface area contributed by atoms with E-state index in [1.54, 1.807) is 19.1 Å². The van der Waals surface area contributed by atoms with Crippen LogP contribution in [0.3, 0.4) is 0 Å². The molecule has 4 heteroatoms. The number of rotatable bonds is 3. The molecule has 0 aliphatic rings. The molecule has 0 spiro atoms. The van der Waals surface area contributed by atoms with E-state index in [-0.39, 0.29) is 28.5 Å². The van der Waals surface area contributed by atoms with Crippen LogP contribution in [0.25, 0.3) is 0 Å². The monoisotopic (exact) mass is 264 g/mol. The number of halogens is 2. The van der Waals surface area contributed by atoms with Gasteiger partial charge in [-0.15, -0.1) is 17.0 Å². The normalized spacial score (nSPS) is 11.7. The zero-order valence-electron chi connectivity index (χ0n) is 8.16. The second kappa shape index (κ2) is 5.98. The number of para-hydroxylation sites is 1. The first-order valence-corrected chi connectivity index (χ1v) is 4.14. The lowest BCUT2D eigenvalue weighted by molar-refractivity contribution is 0.194. The van der Waals surface area contributed by atoms with E-state index in [4.69, 9.17) is 9.84 Å². The van der Waals surface area contributed by atoms with E-state index >= 15 is 0 Å². The van der Waals surface area contributed by atoms with Crippen LogP contribution in [-0.2, 0) is 6.42 Å². The topological polar surface area (TPSA) is 29.5 Å². The molecule has 1 atom stereocenters. The number of aliphatic hydroxyl groups excluding tert-OH is 1. The second-order valence-electron chi connectivity index (χ2n) is 2.99. The Kier molecular flexibility index (Phi) is 5.72. The van der Waals surface area contributed by atoms with E-state index in [0.29, 0.717) is 12.0 Å². The molecule has 1 unspecified atom stereocenters. The first kappa shape index (κ1) is 13.4. The van der Waals surface area contributed by atoms with Crippen LogP contribution in [-0.4, -0.2) is 18.3 Å². The number of ether oxygens (including phenoxy) is 1. The fourth-order valence-electron chi connectivity index (χ4n) is 1.26. The molecule has 0 bridgehead atoms. The summed E-state index contributed by atoms with van der Waals surface area (Å²) in [5, 5.41) is 9.14. The standard InChI is InChI=1S/C10H13FO2.BrH/c1-7(12)6-8-4-3-5-9(11)10(8)13-2;/h3-5,7,12H,6H2,1-2H3;1H. The van der Waals surface area contributed by atoms with Crippen molar-refractivity contribution >= 4 is 17.0 Å². The Morgan fingerprint density at radius 1 is 1.50 bits per heavy atom. The summed E-state index contributed by atoms with van der Waals surface area (Å²) in [5.74, 6) is -0.163. The van der Waals surface area contributed by atoms with Crippen molar-refractivity contribution in [3.63, 3.8) is 0 Å². The van der Waals surface area contributed by atoms with Gasteiger partial charge in [0.25, 0.3) is 0 Å². The Balaban J connectivity index is 0.00000169. The minimum atomic E-state index is -0.490. The SMILES string of the molecule is Br.COc1c(F)cccc1CC(C)O. The zero-order chi connectivity index (χ0) is 9.84. The van der Waals surface area contributed by atoms with Crippen molar-refractivity contribution in [3.05, 3.63) is 29.6 Å². The summed E-state index contributed by atoms with van der Waals surface area (Å²) in [4.78, 5) is 0. The Bertz CT molecular complexity index is 289. The van der Waals surface area contributed by atoms with Gasteiger partial charge in [0.15, 0.2) is 11.6 Å². The maximum Gasteiger partial charge on any atom is 0.165 e. The smallest absolute Gasteiger partial charge is 0.165 e. The molecule has 1 aromatic rings. The predicted molar refractivity (Wildman–Crippen MR) is 58.7 cm³/mol. The van der Waals surface area contributed by atoms with Crippen LogP contribution in [0.4, 0.5) is 4.39 Å². The number of hydrogen-bond acceptors (Lipinski definition) is 2. The van der Waals surface area contributed by atoms with E-state index in [1.165, 1.54) is 13.2 Å². The van der Waals surface area contributed by atoms with Crippen molar-refractivity contribution in [2.75, 3.05) is 7.11 Å². The third-order valence-corrected chi connectivity index (χ3v) is 1.77. The van der Waals surface area contributed by atoms with E-state index in [2.05, 4.69) is 0 Å². The summed E-state index contributed by atoms with van der Waals surface area (Å²) in [6, 6.07) is 4.69. The fourth-order valence-corrected chi connectivity index (χ4v) is 1.26. The van der Waals surface area contributed by atoms with Gasteiger partial charge in [-0.05, 0) is 18.6 Å². The van der Waals surface area contributed by atoms with Crippen LogP contribution in [0.15, 0.2) is 18.2 Å². The lowest BCUT2D eigenvalue weighted by Crippen LogP contribution is -2.06. The van der Waals surface area contributed by atoms with Gasteiger partial charge in [0.1, 0.15) is 0 Å². The number of methoxy groups -OCH3 is 1. The van der Waals surface area contributed by atoms with Crippen molar-refractivity contribution < 1.29 is 14.2 Å². The van der Waals surface area contributed by atoms with Crippen molar-refractivity contribution in [3.8, 4) is 5.75 Å². The molecule has 0 aliphatic heterocycles. The largest absolute Gasteiger partial charge is 0.493 e. The molecule has 0 fully saturated rings. The van der Waals surface area contributed by atoms with E-state index in [1.807, 2.05) is 0 Å². The summed E-state index contributed by atoms with van der Waals surface area (Å²) in [5.41, 5.74) is 0.692. The molecule has 14 heavy (non-hydrogen) atoms. The minimum absolute atomic E-state index is 0. The van der Waals surface area contributed by atoms with Gasteiger partial charge >= 0.3 is 0 Å². The van der Waals surface area contributed by atoms with Crippen molar-refractivity contribution in [1.82, 2.24) is 0 Å². The van der Waals surface area contributed by atoms with Gasteiger partial charge < -0.3 is 9.84 Å². The fraction of sp³-hybridized carbons (Fsp3) is 0.400. The van der Waals surface area contributed by atoms with Gasteiger partial charge in [-0.2, -0.15) is 0 Å². The van der Waals surface area contributed by atoms with E-state index in [9.17, 15) is 4.39 Å². The van der Waals surface area contributed by atoms with E-state index < -0.39 is 6.10 Å². The zero-order valence-corrected chi connectivity index (χ0v) is 9.87. The lowest BCUT2D eigenvalue weighted by atomic mass is 10.1. The van der Waals surface area contributed by atoms with Crippen LogP contribution in [0.1, 0.15) is 12.5 Å².